The van der Waals surface area contributed by atoms with Crippen LogP contribution in [0.4, 0.5) is 11.4 Å². The van der Waals surface area contributed by atoms with Crippen molar-refractivity contribution in [3.63, 3.8) is 0 Å². The van der Waals surface area contributed by atoms with Crippen LogP contribution in [-0.4, -0.2) is 22.4 Å². The molecule has 0 bridgehead atoms. The molecular weight excluding hydrogens is 472 g/mol. The Labute approximate surface area is 187 Å². The van der Waals surface area contributed by atoms with E-state index in [4.69, 9.17) is 0 Å². The van der Waals surface area contributed by atoms with E-state index in [9.17, 15) is 25.0 Å². The van der Waals surface area contributed by atoms with Gasteiger partial charge in [0.2, 0.25) is 5.91 Å². The standard InChI is InChI=1S/C20H21BrN4O4S/c1-4-5-14-15(9-22)20(23-11(2)19(14)12(3)26)30-10-18(27)24-17-7-6-13(25(28)29)8-16(17)21/h6-8,14,23H,4-5,10H2,1-3H3,(H,24,27). The number of nitro groups is 1. The fourth-order valence-electron chi connectivity index (χ4n) is 3.24. The minimum atomic E-state index is -0.519. The van der Waals surface area contributed by atoms with Gasteiger partial charge in [0, 0.05) is 33.8 Å². The molecule has 0 aromatic heterocycles. The Morgan fingerprint density at radius 1 is 1.43 bits per heavy atom. The third kappa shape index (κ3) is 5.49. The number of nitrogens with one attached hydrogen (secondary N) is 2. The summed E-state index contributed by atoms with van der Waals surface area (Å²) >= 11 is 4.40. The lowest BCUT2D eigenvalue weighted by Gasteiger charge is -2.28. The van der Waals surface area contributed by atoms with E-state index >= 15 is 0 Å². The lowest BCUT2D eigenvalue weighted by molar-refractivity contribution is -0.384. The number of benzene rings is 1. The number of nitrogens with zero attached hydrogens (tertiary/aromatic N) is 2. The second-order valence-corrected chi connectivity index (χ2v) is 8.51. The molecule has 1 aliphatic heterocycles. The summed E-state index contributed by atoms with van der Waals surface area (Å²) in [5.41, 5.74) is 2.09. The van der Waals surface area contributed by atoms with Gasteiger partial charge in [0.15, 0.2) is 5.78 Å². The predicted octanol–water partition coefficient (Wildman–Crippen LogP) is 4.65. The maximum atomic E-state index is 12.4. The number of allylic oxidation sites excluding steroid dienone is 3. The summed E-state index contributed by atoms with van der Waals surface area (Å²) < 4.78 is 0.399. The van der Waals surface area contributed by atoms with Gasteiger partial charge in [0.05, 0.1) is 33.0 Å². The number of anilines is 1. The summed E-state index contributed by atoms with van der Waals surface area (Å²) in [5, 5.41) is 26.9. The zero-order valence-electron chi connectivity index (χ0n) is 16.7. The Hall–Kier alpha value is -2.64. The van der Waals surface area contributed by atoms with E-state index in [1.54, 1.807) is 6.92 Å². The van der Waals surface area contributed by atoms with Crippen LogP contribution in [0.2, 0.25) is 0 Å². The molecule has 1 aliphatic rings. The number of halogens is 1. The predicted molar refractivity (Wildman–Crippen MR) is 119 cm³/mol. The number of rotatable bonds is 8. The smallest absolute Gasteiger partial charge is 0.270 e. The molecule has 1 heterocycles. The van der Waals surface area contributed by atoms with Gasteiger partial charge in [0.1, 0.15) is 0 Å². The number of carbonyl (C=O) groups excluding carboxylic acids is 2. The van der Waals surface area contributed by atoms with Gasteiger partial charge in [-0.25, -0.2) is 0 Å². The average Bonchev–Trinajstić information content (AvgIpc) is 2.67. The molecule has 0 aliphatic carbocycles. The highest BCUT2D eigenvalue weighted by Gasteiger charge is 2.31. The van der Waals surface area contributed by atoms with E-state index < -0.39 is 4.92 Å². The summed E-state index contributed by atoms with van der Waals surface area (Å²) in [6, 6.07) is 6.27. The number of hydrogen-bond donors (Lipinski definition) is 2. The monoisotopic (exact) mass is 492 g/mol. The van der Waals surface area contributed by atoms with Crippen LogP contribution in [0.15, 0.2) is 44.5 Å². The molecule has 8 nitrogen and oxygen atoms in total. The Bertz CT molecular complexity index is 997. The molecule has 158 valence electrons. The summed E-state index contributed by atoms with van der Waals surface area (Å²) in [6.07, 6.45) is 1.48. The van der Waals surface area contributed by atoms with Gasteiger partial charge in [-0.1, -0.05) is 25.1 Å². The molecule has 2 rings (SSSR count). The van der Waals surface area contributed by atoms with Crippen LogP contribution in [0.3, 0.4) is 0 Å². The molecule has 2 N–H and O–H groups in total. The van der Waals surface area contributed by atoms with Crippen LogP contribution in [0.25, 0.3) is 0 Å². The Kier molecular flexibility index (Phi) is 8.20. The first kappa shape index (κ1) is 23.6. The van der Waals surface area contributed by atoms with Crippen molar-refractivity contribution in [3.8, 4) is 6.07 Å². The molecule has 1 unspecified atom stereocenters. The lowest BCUT2D eigenvalue weighted by atomic mass is 9.83. The van der Waals surface area contributed by atoms with Gasteiger partial charge in [-0.2, -0.15) is 5.26 Å². The van der Waals surface area contributed by atoms with E-state index in [0.717, 1.165) is 6.42 Å². The summed E-state index contributed by atoms with van der Waals surface area (Å²) in [6.45, 7) is 5.28. The second-order valence-electron chi connectivity index (χ2n) is 6.67. The molecule has 1 atom stereocenters. The number of ketones is 1. The molecule has 1 aromatic rings. The van der Waals surface area contributed by atoms with Crippen molar-refractivity contribution in [2.45, 2.75) is 33.6 Å². The van der Waals surface area contributed by atoms with Gasteiger partial charge in [0.25, 0.3) is 5.69 Å². The number of Topliss-reactive ketones (excluding diaryl/α,β-unsaturated/α-hetero) is 1. The van der Waals surface area contributed by atoms with Gasteiger partial charge in [-0.05, 0) is 42.3 Å². The first-order valence-corrected chi connectivity index (χ1v) is 11.0. The summed E-state index contributed by atoms with van der Waals surface area (Å²) in [5.74, 6) is -0.658. The number of hydrogen-bond acceptors (Lipinski definition) is 7. The second kappa shape index (κ2) is 10.4. The minimum Gasteiger partial charge on any atom is -0.353 e. The summed E-state index contributed by atoms with van der Waals surface area (Å²) in [7, 11) is 0. The molecule has 0 spiro atoms. The third-order valence-corrected chi connectivity index (χ3v) is 6.18. The number of dihydropyridines is 1. The van der Waals surface area contributed by atoms with Crippen molar-refractivity contribution in [1.29, 1.82) is 5.26 Å². The van der Waals surface area contributed by atoms with Crippen molar-refractivity contribution < 1.29 is 14.5 Å². The normalized spacial score (nSPS) is 16.0. The number of carbonyl (C=O) groups is 2. The van der Waals surface area contributed by atoms with E-state index in [0.29, 0.717) is 38.5 Å². The Balaban J connectivity index is 2.14. The molecule has 1 amide bonds. The van der Waals surface area contributed by atoms with Crippen LogP contribution >= 0.6 is 27.7 Å². The van der Waals surface area contributed by atoms with Gasteiger partial charge >= 0.3 is 0 Å². The quantitative estimate of drug-likeness (QED) is 0.399. The van der Waals surface area contributed by atoms with Crippen LogP contribution in [0.1, 0.15) is 33.6 Å². The van der Waals surface area contributed by atoms with Crippen molar-refractivity contribution in [3.05, 3.63) is 54.7 Å². The SMILES string of the molecule is CCCC1C(C#N)=C(SCC(=O)Nc2ccc([N+](=O)[O-])cc2Br)NC(C)=C1C(C)=O. The zero-order chi connectivity index (χ0) is 22.4. The topological polar surface area (TPSA) is 125 Å². The van der Waals surface area contributed by atoms with Gasteiger partial charge in [-0.15, -0.1) is 0 Å². The van der Waals surface area contributed by atoms with Crippen LogP contribution in [0.5, 0.6) is 0 Å². The van der Waals surface area contributed by atoms with Gasteiger partial charge in [-0.3, -0.25) is 19.7 Å². The molecular formula is C20H21BrN4O4S. The first-order valence-electron chi connectivity index (χ1n) is 9.19. The van der Waals surface area contributed by atoms with Crippen LogP contribution in [-0.2, 0) is 9.59 Å². The summed E-state index contributed by atoms with van der Waals surface area (Å²) in [4.78, 5) is 34.8. The molecule has 0 fully saturated rings. The highest BCUT2D eigenvalue weighted by Crippen LogP contribution is 2.37. The average molecular weight is 493 g/mol. The minimum absolute atomic E-state index is 0.0263. The molecule has 1 aromatic carbocycles. The Morgan fingerprint density at radius 3 is 2.67 bits per heavy atom. The maximum Gasteiger partial charge on any atom is 0.270 e. The van der Waals surface area contributed by atoms with Crippen LogP contribution < -0.4 is 10.6 Å². The van der Waals surface area contributed by atoms with Gasteiger partial charge < -0.3 is 10.6 Å². The first-order chi connectivity index (χ1) is 14.2. The van der Waals surface area contributed by atoms with E-state index in [2.05, 4.69) is 32.6 Å². The molecule has 10 heteroatoms. The van der Waals surface area contributed by atoms with E-state index in [-0.39, 0.29) is 29.0 Å². The molecule has 0 saturated heterocycles. The van der Waals surface area contributed by atoms with Crippen molar-refractivity contribution in [1.82, 2.24) is 5.32 Å². The maximum absolute atomic E-state index is 12.4. The van der Waals surface area contributed by atoms with Crippen molar-refractivity contribution >= 4 is 50.8 Å². The Morgan fingerprint density at radius 2 is 2.13 bits per heavy atom. The highest BCUT2D eigenvalue weighted by molar-refractivity contribution is 9.10. The number of amides is 1. The van der Waals surface area contributed by atoms with Crippen molar-refractivity contribution in [2.75, 3.05) is 11.1 Å². The largest absolute Gasteiger partial charge is 0.353 e. The van der Waals surface area contributed by atoms with E-state index in [1.165, 1.54) is 36.9 Å². The van der Waals surface area contributed by atoms with E-state index in [1.807, 2.05) is 6.92 Å². The molecule has 0 saturated carbocycles. The number of nitro benzene ring substituents is 1. The molecule has 0 radical (unpaired) electrons. The van der Waals surface area contributed by atoms with Crippen LogP contribution in [0, 0.1) is 27.4 Å². The molecule has 30 heavy (non-hydrogen) atoms. The number of nitriles is 1. The third-order valence-electron chi connectivity index (χ3n) is 4.51. The highest BCUT2D eigenvalue weighted by atomic mass is 79.9. The number of non-ortho nitro benzene ring substituents is 1. The lowest BCUT2D eigenvalue weighted by Crippen LogP contribution is -2.28. The van der Waals surface area contributed by atoms with Crippen molar-refractivity contribution in [2.24, 2.45) is 5.92 Å². The zero-order valence-corrected chi connectivity index (χ0v) is 19.1. The number of thioether (sulfide) groups is 1. The fourth-order valence-corrected chi connectivity index (χ4v) is 4.62. The fraction of sp³-hybridized carbons (Fsp3) is 0.350.